The topological polar surface area (TPSA) is 101 Å². The van der Waals surface area contributed by atoms with Crippen molar-refractivity contribution in [3.63, 3.8) is 0 Å². The second-order valence-electron chi connectivity index (χ2n) is 13.0. The van der Waals surface area contributed by atoms with Gasteiger partial charge in [0.1, 0.15) is 22.8 Å². The molecule has 0 spiro atoms. The van der Waals surface area contributed by atoms with E-state index in [9.17, 15) is 27.9 Å². The van der Waals surface area contributed by atoms with Gasteiger partial charge in [-0.15, -0.1) is 0 Å². The van der Waals surface area contributed by atoms with Gasteiger partial charge in [0.05, 0.1) is 40.8 Å². The molecule has 0 saturated carbocycles. The zero-order valence-electron chi connectivity index (χ0n) is 27.1. The van der Waals surface area contributed by atoms with Crippen molar-refractivity contribution >= 4 is 33.9 Å². The molecule has 0 unspecified atom stereocenters. The number of hydrogen-bond acceptors (Lipinski definition) is 6. The van der Waals surface area contributed by atoms with Crippen molar-refractivity contribution in [1.29, 1.82) is 0 Å². The Labute approximate surface area is 282 Å². The largest absolute Gasteiger partial charge is 0.490 e. The predicted molar refractivity (Wildman–Crippen MR) is 175 cm³/mol. The van der Waals surface area contributed by atoms with Crippen molar-refractivity contribution < 1.29 is 41.4 Å². The van der Waals surface area contributed by atoms with E-state index in [1.165, 1.54) is 45.8 Å². The normalized spacial score (nSPS) is 18.2. The van der Waals surface area contributed by atoms with Crippen molar-refractivity contribution in [2.24, 2.45) is 7.05 Å². The first kappa shape index (κ1) is 33.4. The van der Waals surface area contributed by atoms with Gasteiger partial charge in [-0.2, -0.15) is 13.2 Å². The van der Waals surface area contributed by atoms with Crippen molar-refractivity contribution in [2.75, 3.05) is 31.6 Å². The number of aryl methyl sites for hydroxylation is 1. The van der Waals surface area contributed by atoms with Crippen LogP contribution in [0.15, 0.2) is 61.1 Å². The van der Waals surface area contributed by atoms with Gasteiger partial charge in [0.15, 0.2) is 5.75 Å². The van der Waals surface area contributed by atoms with Crippen LogP contribution >= 0.6 is 0 Å². The van der Waals surface area contributed by atoms with Gasteiger partial charge < -0.3 is 24.1 Å². The maximum atomic E-state index is 15.3. The number of anilines is 1. The number of rotatable bonds is 6. The monoisotopic (exact) mass is 693 g/mol. The predicted octanol–water partition coefficient (Wildman–Crippen LogP) is 6.30. The summed E-state index contributed by atoms with van der Waals surface area (Å²) >= 11 is 0. The zero-order chi connectivity index (χ0) is 35.5. The molecule has 1 amide bonds. The van der Waals surface area contributed by atoms with E-state index >= 15 is 8.78 Å². The molecule has 5 aromatic rings. The maximum Gasteiger partial charge on any atom is 0.417 e. The third kappa shape index (κ3) is 6.02. The number of carbonyl (C=O) groups is 2. The molecule has 1 saturated heterocycles. The number of nitrogens with zero attached hydrogens (tertiary/aromatic N) is 4. The average molecular weight is 694 g/mol. The van der Waals surface area contributed by atoms with E-state index < -0.39 is 46.4 Å². The molecule has 9 nitrogen and oxygen atoms in total. The molecule has 0 aliphatic carbocycles. The molecule has 3 aromatic heterocycles. The lowest BCUT2D eigenvalue weighted by molar-refractivity contribution is -0.137. The Morgan fingerprint density at radius 2 is 1.92 bits per heavy atom. The van der Waals surface area contributed by atoms with E-state index in [0.29, 0.717) is 30.6 Å². The Kier molecular flexibility index (Phi) is 8.26. The number of fused-ring (bicyclic) bond motifs is 4. The lowest BCUT2D eigenvalue weighted by Gasteiger charge is -2.36. The van der Waals surface area contributed by atoms with Crippen LogP contribution in [0.5, 0.6) is 5.75 Å². The fourth-order valence-corrected chi connectivity index (χ4v) is 6.96. The molecule has 5 heterocycles. The smallest absolute Gasteiger partial charge is 0.417 e. The van der Waals surface area contributed by atoms with Gasteiger partial charge in [0.25, 0.3) is 0 Å². The minimum absolute atomic E-state index is 0.0213. The first-order valence-electron chi connectivity index (χ1n) is 16.0. The first-order valence-corrected chi connectivity index (χ1v) is 16.0. The number of nitrogens with one attached hydrogen (secondary N) is 1. The number of benzene rings is 2. The molecule has 2 aliphatic rings. The van der Waals surface area contributed by atoms with Gasteiger partial charge in [-0.05, 0) is 62.2 Å². The van der Waals surface area contributed by atoms with Gasteiger partial charge in [0.2, 0.25) is 11.7 Å². The van der Waals surface area contributed by atoms with Crippen LogP contribution in [0.2, 0.25) is 0 Å². The molecule has 0 bridgehead atoms. The minimum Gasteiger partial charge on any atom is -0.490 e. The highest BCUT2D eigenvalue weighted by Crippen LogP contribution is 2.48. The number of alkyl halides is 3. The van der Waals surface area contributed by atoms with Crippen molar-refractivity contribution in [3.05, 3.63) is 95.1 Å². The molecule has 2 aliphatic heterocycles. The second-order valence-corrected chi connectivity index (χ2v) is 13.0. The summed E-state index contributed by atoms with van der Waals surface area (Å²) in [6, 6.07) is 7.11. The second kappa shape index (κ2) is 12.4. The fraction of sp³-hybridized carbons (Fsp3) is 0.306. The highest BCUT2D eigenvalue weighted by atomic mass is 19.4. The summed E-state index contributed by atoms with van der Waals surface area (Å²) in [5.41, 5.74) is -1.62. The number of piperidine rings is 1. The Bertz CT molecular complexity index is 2200. The Balaban J connectivity index is 1.21. The van der Waals surface area contributed by atoms with Gasteiger partial charge >= 0.3 is 6.18 Å². The molecule has 1 atom stereocenters. The van der Waals surface area contributed by atoms with Gasteiger partial charge in [0, 0.05) is 55.5 Å². The summed E-state index contributed by atoms with van der Waals surface area (Å²) in [6.45, 7) is 3.25. The van der Waals surface area contributed by atoms with Crippen LogP contribution in [-0.2, 0) is 24.4 Å². The van der Waals surface area contributed by atoms with Crippen LogP contribution in [-0.4, -0.2) is 67.5 Å². The molecule has 50 heavy (non-hydrogen) atoms. The average Bonchev–Trinajstić information content (AvgIpc) is 3.60. The first-order chi connectivity index (χ1) is 23.7. The number of imidazole rings is 1. The van der Waals surface area contributed by atoms with Crippen LogP contribution in [0.1, 0.15) is 46.9 Å². The minimum atomic E-state index is -4.76. The van der Waals surface area contributed by atoms with Crippen LogP contribution in [0, 0.1) is 11.6 Å². The third-order valence-corrected chi connectivity index (χ3v) is 9.21. The number of halogens is 5. The van der Waals surface area contributed by atoms with E-state index in [2.05, 4.69) is 10.3 Å². The number of ether oxygens (including phenoxy) is 1. The molecule has 2 N–H and O–H groups in total. The number of pyridine rings is 1. The molecular weight excluding hydrogens is 661 g/mol. The lowest BCUT2D eigenvalue weighted by Crippen LogP contribution is -2.46. The Morgan fingerprint density at radius 1 is 1.16 bits per heavy atom. The zero-order valence-corrected chi connectivity index (χ0v) is 27.1. The fourth-order valence-electron chi connectivity index (χ4n) is 6.96. The van der Waals surface area contributed by atoms with Crippen LogP contribution in [0.25, 0.3) is 27.7 Å². The quantitative estimate of drug-likeness (QED) is 0.123. The lowest BCUT2D eigenvalue weighted by atomic mass is 9.94. The summed E-state index contributed by atoms with van der Waals surface area (Å²) in [6.07, 6.45) is 2.51. The molecule has 0 radical (unpaired) electrons. The molecule has 7 rings (SSSR count). The van der Waals surface area contributed by atoms with E-state index in [-0.39, 0.29) is 52.2 Å². The molecule has 14 heteroatoms. The van der Waals surface area contributed by atoms with Crippen molar-refractivity contribution in [2.45, 2.75) is 38.0 Å². The van der Waals surface area contributed by atoms with Crippen molar-refractivity contribution in [1.82, 2.24) is 18.9 Å². The third-order valence-electron chi connectivity index (χ3n) is 9.21. The highest BCUT2D eigenvalue weighted by molar-refractivity contribution is 6.10. The molecular formula is C36H32F5N5O4. The highest BCUT2D eigenvalue weighted by Gasteiger charge is 2.39. The van der Waals surface area contributed by atoms with E-state index in [1.54, 1.807) is 14.0 Å². The van der Waals surface area contributed by atoms with Crippen LogP contribution in [0.4, 0.5) is 27.6 Å². The Hall–Kier alpha value is -5.08. The Morgan fingerprint density at radius 3 is 2.64 bits per heavy atom. The number of ketones is 1. The number of hydrogen-bond donors (Lipinski definition) is 2. The van der Waals surface area contributed by atoms with Gasteiger partial charge in [-0.1, -0.05) is 12.1 Å². The molecule has 2 aromatic carbocycles. The summed E-state index contributed by atoms with van der Waals surface area (Å²) < 4.78 is 83.1. The molecule has 260 valence electrons. The number of β-amino-alcohol motifs (C(OH)–C–C–N with tert-alkyl or cyclic N) is 1. The number of aliphatic hydroxyl groups is 1. The van der Waals surface area contributed by atoms with Crippen molar-refractivity contribution in [3.8, 4) is 16.9 Å². The number of likely N-dealkylation sites (tertiary alicyclic amines) is 1. The molecule has 1 fully saturated rings. The maximum absolute atomic E-state index is 15.3. The van der Waals surface area contributed by atoms with Gasteiger partial charge in [-0.3, -0.25) is 14.5 Å². The van der Waals surface area contributed by atoms with Crippen LogP contribution < -0.4 is 10.1 Å². The van der Waals surface area contributed by atoms with E-state index in [1.807, 2.05) is 4.90 Å². The SMILES string of the molecule is Cn1cnc2c3c(c(C(F)(F)F)cc21)-c1cccn2c(C(=O)c4cc(F)c(NC(=O)/C=C/CN5CCC[C@@](C)(O)C5)c(F)c4)cc(c12)CCO3. The van der Waals surface area contributed by atoms with Crippen LogP contribution in [0.3, 0.4) is 0 Å². The number of carbonyl (C=O) groups excluding carboxylic acids is 2. The summed E-state index contributed by atoms with van der Waals surface area (Å²) in [5.74, 6) is -3.96. The number of amides is 1. The van der Waals surface area contributed by atoms with Gasteiger partial charge in [-0.25, -0.2) is 13.8 Å². The number of aromatic nitrogens is 3. The van der Waals surface area contributed by atoms with E-state index in [0.717, 1.165) is 37.2 Å². The standard InChI is InChI=1S/C36H32F5N5O4/c1-35(49)9-5-11-45(18-35)10-4-7-28(47)43-30-24(37)14-21(15-25(30)38)33(48)27-16-20-8-13-50-34-29(22-6-3-12-46(27)32(20)22)23(36(39,40)41)17-26-31(34)42-19-44(26)2/h3-4,6-7,12,14-17,19,49H,5,8-11,13,18H2,1-2H3,(H,43,47)/b7-4+/t35-/m1/s1. The summed E-state index contributed by atoms with van der Waals surface area (Å²) in [5, 5.41) is 12.4. The summed E-state index contributed by atoms with van der Waals surface area (Å²) in [7, 11) is 1.59. The van der Waals surface area contributed by atoms with E-state index in [4.69, 9.17) is 4.74 Å². The summed E-state index contributed by atoms with van der Waals surface area (Å²) in [4.78, 5) is 32.6.